The molecule has 2 fully saturated rings. The van der Waals surface area contributed by atoms with Crippen LogP contribution in [0.15, 0.2) is 28.7 Å². The van der Waals surface area contributed by atoms with Crippen molar-refractivity contribution in [1.82, 2.24) is 20.0 Å². The van der Waals surface area contributed by atoms with E-state index in [1.54, 1.807) is 7.11 Å². The highest BCUT2D eigenvalue weighted by molar-refractivity contribution is 5.54. The number of ether oxygens (including phenoxy) is 1. The molecule has 134 valence electrons. The van der Waals surface area contributed by atoms with Crippen LogP contribution in [0.4, 0.5) is 0 Å². The molecule has 0 N–H and O–H groups in total. The summed E-state index contributed by atoms with van der Waals surface area (Å²) in [6.45, 7) is 4.58. The Bertz CT molecular complexity index is 692. The van der Waals surface area contributed by atoms with Gasteiger partial charge in [-0.25, -0.2) is 0 Å². The number of rotatable bonds is 4. The molecular weight excluding hydrogens is 316 g/mol. The van der Waals surface area contributed by atoms with Gasteiger partial charge in [-0.15, -0.1) is 10.2 Å². The van der Waals surface area contributed by atoms with Crippen LogP contribution in [-0.2, 0) is 0 Å². The molecule has 0 saturated carbocycles. The van der Waals surface area contributed by atoms with E-state index >= 15 is 0 Å². The van der Waals surface area contributed by atoms with Crippen molar-refractivity contribution >= 4 is 0 Å². The Hall–Kier alpha value is -1.92. The molecule has 6 heteroatoms. The SMILES string of the molecule is COc1ccc(-c2nnc(C3CCN(C4CCN(C)CC4)C3)o2)cc1. The quantitative estimate of drug-likeness (QED) is 0.851. The van der Waals surface area contributed by atoms with Gasteiger partial charge in [0.05, 0.1) is 13.0 Å². The Labute approximate surface area is 148 Å². The largest absolute Gasteiger partial charge is 0.497 e. The molecule has 2 aliphatic rings. The number of likely N-dealkylation sites (tertiary alicyclic amines) is 2. The standard InChI is InChI=1S/C19H26N4O2/c1-22-10-8-16(9-11-22)23-12-7-15(13-23)19-21-20-18(25-19)14-3-5-17(24-2)6-4-14/h3-6,15-16H,7-13H2,1-2H3. The number of nitrogens with zero attached hydrogens (tertiary/aromatic N) is 4. The van der Waals surface area contributed by atoms with E-state index in [1.165, 1.54) is 25.9 Å². The predicted molar refractivity (Wildman–Crippen MR) is 95.7 cm³/mol. The predicted octanol–water partition coefficient (Wildman–Crippen LogP) is 2.63. The van der Waals surface area contributed by atoms with Crippen molar-refractivity contribution in [2.24, 2.45) is 0 Å². The average Bonchev–Trinajstić information content (AvgIpc) is 3.32. The maximum absolute atomic E-state index is 5.98. The molecule has 0 bridgehead atoms. The van der Waals surface area contributed by atoms with Gasteiger partial charge in [-0.1, -0.05) is 0 Å². The maximum atomic E-state index is 5.98. The number of hydrogen-bond acceptors (Lipinski definition) is 6. The molecule has 3 heterocycles. The van der Waals surface area contributed by atoms with Crippen LogP contribution in [0, 0.1) is 0 Å². The second kappa shape index (κ2) is 7.14. The van der Waals surface area contributed by atoms with Crippen LogP contribution in [0.2, 0.25) is 0 Å². The van der Waals surface area contributed by atoms with Crippen molar-refractivity contribution in [1.29, 1.82) is 0 Å². The van der Waals surface area contributed by atoms with Gasteiger partial charge in [-0.05, 0) is 70.2 Å². The lowest BCUT2D eigenvalue weighted by Gasteiger charge is -2.35. The van der Waals surface area contributed by atoms with Crippen LogP contribution in [0.3, 0.4) is 0 Å². The number of hydrogen-bond donors (Lipinski definition) is 0. The monoisotopic (exact) mass is 342 g/mol. The lowest BCUT2D eigenvalue weighted by molar-refractivity contribution is 0.141. The topological polar surface area (TPSA) is 54.6 Å². The number of methoxy groups -OCH3 is 1. The van der Waals surface area contributed by atoms with E-state index in [9.17, 15) is 0 Å². The Balaban J connectivity index is 1.40. The van der Waals surface area contributed by atoms with Crippen molar-refractivity contribution in [3.8, 4) is 17.2 Å². The first kappa shape index (κ1) is 16.5. The second-order valence-corrected chi connectivity index (χ2v) is 7.19. The van der Waals surface area contributed by atoms with Crippen LogP contribution in [0.5, 0.6) is 5.75 Å². The van der Waals surface area contributed by atoms with Gasteiger partial charge in [-0.2, -0.15) is 0 Å². The average molecular weight is 342 g/mol. The summed E-state index contributed by atoms with van der Waals surface area (Å²) >= 11 is 0. The Kier molecular flexibility index (Phi) is 4.72. The molecule has 2 saturated heterocycles. The van der Waals surface area contributed by atoms with Crippen molar-refractivity contribution in [2.45, 2.75) is 31.2 Å². The molecule has 2 aromatic rings. The van der Waals surface area contributed by atoms with Gasteiger partial charge in [0.15, 0.2) is 0 Å². The smallest absolute Gasteiger partial charge is 0.247 e. The summed E-state index contributed by atoms with van der Waals surface area (Å²) in [6, 6.07) is 8.45. The van der Waals surface area contributed by atoms with Gasteiger partial charge in [0, 0.05) is 18.2 Å². The molecule has 0 radical (unpaired) electrons. The molecule has 1 atom stereocenters. The maximum Gasteiger partial charge on any atom is 0.247 e. The fourth-order valence-corrected chi connectivity index (χ4v) is 3.93. The molecule has 1 unspecified atom stereocenters. The minimum atomic E-state index is 0.360. The fourth-order valence-electron chi connectivity index (χ4n) is 3.93. The van der Waals surface area contributed by atoms with E-state index in [1.807, 2.05) is 24.3 Å². The van der Waals surface area contributed by atoms with Crippen molar-refractivity contribution in [2.75, 3.05) is 40.3 Å². The molecule has 4 rings (SSSR count). The summed E-state index contributed by atoms with van der Waals surface area (Å²) in [7, 11) is 3.87. The Morgan fingerprint density at radius 3 is 2.52 bits per heavy atom. The van der Waals surface area contributed by atoms with Gasteiger partial charge < -0.3 is 14.1 Å². The summed E-state index contributed by atoms with van der Waals surface area (Å²) < 4.78 is 11.2. The van der Waals surface area contributed by atoms with Gasteiger partial charge >= 0.3 is 0 Å². The third-order valence-electron chi connectivity index (χ3n) is 5.55. The van der Waals surface area contributed by atoms with E-state index in [4.69, 9.17) is 9.15 Å². The number of benzene rings is 1. The first-order chi connectivity index (χ1) is 12.2. The highest BCUT2D eigenvalue weighted by Gasteiger charge is 2.33. The first-order valence-electron chi connectivity index (χ1n) is 9.13. The third kappa shape index (κ3) is 3.55. The molecule has 6 nitrogen and oxygen atoms in total. The number of aromatic nitrogens is 2. The molecule has 25 heavy (non-hydrogen) atoms. The highest BCUT2D eigenvalue weighted by atomic mass is 16.5. The molecular formula is C19H26N4O2. The van der Waals surface area contributed by atoms with Crippen LogP contribution < -0.4 is 4.74 Å². The van der Waals surface area contributed by atoms with E-state index in [-0.39, 0.29) is 0 Å². The molecule has 0 spiro atoms. The van der Waals surface area contributed by atoms with E-state index in [0.717, 1.165) is 36.7 Å². The summed E-state index contributed by atoms with van der Waals surface area (Å²) in [5.41, 5.74) is 0.935. The van der Waals surface area contributed by atoms with E-state index in [2.05, 4.69) is 27.0 Å². The summed E-state index contributed by atoms with van der Waals surface area (Å²) in [5.74, 6) is 2.56. The van der Waals surface area contributed by atoms with Crippen LogP contribution in [0.1, 0.15) is 31.1 Å². The zero-order valence-corrected chi connectivity index (χ0v) is 15.0. The van der Waals surface area contributed by atoms with Gasteiger partial charge in [0.2, 0.25) is 11.8 Å². The van der Waals surface area contributed by atoms with Crippen molar-refractivity contribution in [3.05, 3.63) is 30.2 Å². The lowest BCUT2D eigenvalue weighted by atomic mass is 10.0. The first-order valence-corrected chi connectivity index (χ1v) is 9.13. The normalized spacial score (nSPS) is 23.2. The molecule has 2 aliphatic heterocycles. The molecule has 1 aromatic heterocycles. The van der Waals surface area contributed by atoms with Gasteiger partial charge in [-0.3, -0.25) is 4.90 Å². The summed E-state index contributed by atoms with van der Waals surface area (Å²) in [5, 5.41) is 8.58. The van der Waals surface area contributed by atoms with E-state index in [0.29, 0.717) is 17.9 Å². The zero-order valence-electron chi connectivity index (χ0n) is 15.0. The van der Waals surface area contributed by atoms with Gasteiger partial charge in [0.25, 0.3) is 0 Å². The van der Waals surface area contributed by atoms with Crippen LogP contribution >= 0.6 is 0 Å². The third-order valence-corrected chi connectivity index (χ3v) is 5.55. The van der Waals surface area contributed by atoms with Crippen molar-refractivity contribution < 1.29 is 9.15 Å². The fraction of sp³-hybridized carbons (Fsp3) is 0.579. The number of piperidine rings is 1. The Morgan fingerprint density at radius 1 is 1.04 bits per heavy atom. The van der Waals surface area contributed by atoms with Gasteiger partial charge in [0.1, 0.15) is 5.75 Å². The minimum absolute atomic E-state index is 0.360. The zero-order chi connectivity index (χ0) is 17.2. The van der Waals surface area contributed by atoms with E-state index < -0.39 is 0 Å². The summed E-state index contributed by atoms with van der Waals surface area (Å²) in [4.78, 5) is 5.04. The minimum Gasteiger partial charge on any atom is -0.497 e. The summed E-state index contributed by atoms with van der Waals surface area (Å²) in [6.07, 6.45) is 3.64. The lowest BCUT2D eigenvalue weighted by Crippen LogP contribution is -2.42. The second-order valence-electron chi connectivity index (χ2n) is 7.19. The molecule has 0 amide bonds. The van der Waals surface area contributed by atoms with Crippen molar-refractivity contribution in [3.63, 3.8) is 0 Å². The molecule has 1 aromatic carbocycles. The van der Waals surface area contributed by atoms with Crippen LogP contribution in [-0.4, -0.2) is 66.4 Å². The Morgan fingerprint density at radius 2 is 1.80 bits per heavy atom. The molecule has 0 aliphatic carbocycles. The highest BCUT2D eigenvalue weighted by Crippen LogP contribution is 2.31. The van der Waals surface area contributed by atoms with Crippen LogP contribution in [0.25, 0.3) is 11.5 Å².